The van der Waals surface area contributed by atoms with Gasteiger partial charge in [-0.2, -0.15) is 0 Å². The van der Waals surface area contributed by atoms with Gasteiger partial charge in [-0.1, -0.05) is 6.92 Å². The average Bonchev–Trinajstić information content (AvgIpc) is 2.50. The molecule has 2 N–H and O–H groups in total. The van der Waals surface area contributed by atoms with E-state index in [1.54, 1.807) is 6.92 Å². The number of hydrogen-bond acceptors (Lipinski definition) is 3. The second-order valence-electron chi connectivity index (χ2n) is 4.94. The molecule has 0 aliphatic carbocycles. The summed E-state index contributed by atoms with van der Waals surface area (Å²) in [5.74, 6) is -0.276. The van der Waals surface area contributed by atoms with Crippen molar-refractivity contribution in [1.82, 2.24) is 4.72 Å². The summed E-state index contributed by atoms with van der Waals surface area (Å²) in [7, 11) is -3.51. The molecule has 23 heavy (non-hydrogen) atoms. The third-order valence-electron chi connectivity index (χ3n) is 3.20. The van der Waals surface area contributed by atoms with Gasteiger partial charge in [0.2, 0.25) is 10.0 Å². The van der Waals surface area contributed by atoms with Gasteiger partial charge in [0.05, 0.1) is 4.90 Å². The van der Waals surface area contributed by atoms with Crippen molar-refractivity contribution in [2.45, 2.75) is 18.7 Å². The number of benzene rings is 2. The predicted octanol–water partition coefficient (Wildman–Crippen LogP) is 3.15. The van der Waals surface area contributed by atoms with E-state index in [0.717, 1.165) is 14.8 Å². The summed E-state index contributed by atoms with van der Waals surface area (Å²) in [4.78, 5) is 12.4. The number of anilines is 1. The van der Waals surface area contributed by atoms with Crippen LogP contribution in [0.4, 0.5) is 5.69 Å². The van der Waals surface area contributed by atoms with E-state index in [2.05, 4.69) is 32.6 Å². The van der Waals surface area contributed by atoms with Gasteiger partial charge in [0.25, 0.3) is 5.91 Å². The number of aryl methyl sites for hydroxylation is 1. The van der Waals surface area contributed by atoms with E-state index in [-0.39, 0.29) is 10.8 Å². The molecule has 2 aromatic carbocycles. The first kappa shape index (κ1) is 17.9. The van der Waals surface area contributed by atoms with Crippen molar-refractivity contribution in [3.8, 4) is 0 Å². The van der Waals surface area contributed by atoms with Crippen molar-refractivity contribution in [2.24, 2.45) is 0 Å². The van der Waals surface area contributed by atoms with E-state index in [0.29, 0.717) is 12.1 Å². The summed E-state index contributed by atoms with van der Waals surface area (Å²) in [6.07, 6.45) is 0. The molecule has 0 atom stereocenters. The number of rotatable bonds is 5. The fourth-order valence-electron chi connectivity index (χ4n) is 2.02. The Morgan fingerprint density at radius 2 is 1.78 bits per heavy atom. The summed E-state index contributed by atoms with van der Waals surface area (Å²) in [5, 5.41) is 2.83. The maximum absolute atomic E-state index is 12.3. The molecule has 122 valence electrons. The number of carbonyl (C=O) groups excluding carboxylic acids is 1. The zero-order valence-corrected chi connectivity index (χ0v) is 15.7. The Morgan fingerprint density at radius 3 is 2.35 bits per heavy atom. The van der Waals surface area contributed by atoms with Gasteiger partial charge in [0, 0.05) is 21.4 Å². The Morgan fingerprint density at radius 1 is 1.13 bits per heavy atom. The highest BCUT2D eigenvalue weighted by Crippen LogP contribution is 2.19. The van der Waals surface area contributed by atoms with Crippen molar-refractivity contribution in [1.29, 1.82) is 0 Å². The van der Waals surface area contributed by atoms with E-state index < -0.39 is 10.0 Å². The fraction of sp³-hybridized carbons (Fsp3) is 0.188. The van der Waals surface area contributed by atoms with Crippen molar-refractivity contribution >= 4 is 44.2 Å². The molecule has 2 aromatic rings. The van der Waals surface area contributed by atoms with Crippen LogP contribution >= 0.6 is 22.6 Å². The van der Waals surface area contributed by atoms with Crippen LogP contribution in [0.25, 0.3) is 0 Å². The molecule has 0 aliphatic rings. The number of hydrogen-bond donors (Lipinski definition) is 2. The molecule has 0 bridgehead atoms. The quantitative estimate of drug-likeness (QED) is 0.696. The minimum atomic E-state index is -3.51. The third-order valence-corrected chi connectivity index (χ3v) is 5.43. The SMILES string of the molecule is CCNS(=O)(=O)c1ccc(C(=O)Nc2ccc(I)cc2C)cc1. The molecule has 0 aliphatic heterocycles. The van der Waals surface area contributed by atoms with Crippen molar-refractivity contribution in [2.75, 3.05) is 11.9 Å². The van der Waals surface area contributed by atoms with E-state index in [1.165, 1.54) is 24.3 Å². The lowest BCUT2D eigenvalue weighted by Crippen LogP contribution is -2.23. The highest BCUT2D eigenvalue weighted by Gasteiger charge is 2.14. The number of carbonyl (C=O) groups is 1. The molecule has 0 saturated carbocycles. The van der Waals surface area contributed by atoms with Gasteiger partial charge >= 0.3 is 0 Å². The topological polar surface area (TPSA) is 75.3 Å². The maximum Gasteiger partial charge on any atom is 0.255 e. The number of halogens is 1. The Labute approximate surface area is 149 Å². The van der Waals surface area contributed by atoms with Gasteiger partial charge in [0.15, 0.2) is 0 Å². The number of sulfonamides is 1. The third kappa shape index (κ3) is 4.52. The van der Waals surface area contributed by atoms with Gasteiger partial charge in [-0.05, 0) is 77.5 Å². The molecule has 0 fully saturated rings. The molecule has 0 saturated heterocycles. The fourth-order valence-corrected chi connectivity index (χ4v) is 3.71. The van der Waals surface area contributed by atoms with Crippen LogP contribution in [0.15, 0.2) is 47.4 Å². The lowest BCUT2D eigenvalue weighted by Gasteiger charge is -2.09. The number of amides is 1. The molecule has 0 spiro atoms. The molecular weight excluding hydrogens is 427 g/mol. The van der Waals surface area contributed by atoms with Crippen LogP contribution < -0.4 is 10.0 Å². The smallest absolute Gasteiger partial charge is 0.255 e. The van der Waals surface area contributed by atoms with Crippen LogP contribution in [0.5, 0.6) is 0 Å². The van der Waals surface area contributed by atoms with Crippen LogP contribution in [0.2, 0.25) is 0 Å². The minimum Gasteiger partial charge on any atom is -0.322 e. The second-order valence-corrected chi connectivity index (χ2v) is 7.95. The van der Waals surface area contributed by atoms with Gasteiger partial charge in [0.1, 0.15) is 0 Å². The average molecular weight is 444 g/mol. The van der Waals surface area contributed by atoms with Crippen LogP contribution in [0.1, 0.15) is 22.8 Å². The summed E-state index contributed by atoms with van der Waals surface area (Å²) in [6.45, 7) is 3.95. The molecule has 0 unspecified atom stereocenters. The Kier molecular flexibility index (Phi) is 5.77. The Balaban J connectivity index is 2.17. The molecule has 7 heteroatoms. The van der Waals surface area contributed by atoms with Crippen LogP contribution in [0.3, 0.4) is 0 Å². The van der Waals surface area contributed by atoms with Gasteiger partial charge in [-0.15, -0.1) is 0 Å². The lowest BCUT2D eigenvalue weighted by atomic mass is 10.1. The van der Waals surface area contributed by atoms with E-state index in [4.69, 9.17) is 0 Å². The molecule has 0 heterocycles. The summed E-state index contributed by atoms with van der Waals surface area (Å²) in [6, 6.07) is 11.6. The molecule has 5 nitrogen and oxygen atoms in total. The zero-order valence-electron chi connectivity index (χ0n) is 12.8. The van der Waals surface area contributed by atoms with Crippen LogP contribution in [-0.4, -0.2) is 20.9 Å². The van der Waals surface area contributed by atoms with E-state index in [9.17, 15) is 13.2 Å². The first-order valence-corrected chi connectivity index (χ1v) is 9.57. The zero-order chi connectivity index (χ0) is 17.0. The van der Waals surface area contributed by atoms with Gasteiger partial charge in [-0.25, -0.2) is 13.1 Å². The summed E-state index contributed by atoms with van der Waals surface area (Å²) >= 11 is 2.21. The molecule has 0 radical (unpaired) electrons. The highest BCUT2D eigenvalue weighted by atomic mass is 127. The predicted molar refractivity (Wildman–Crippen MR) is 99.2 cm³/mol. The van der Waals surface area contributed by atoms with Gasteiger partial charge < -0.3 is 5.32 Å². The first-order valence-electron chi connectivity index (χ1n) is 7.00. The molecule has 1 amide bonds. The number of nitrogens with one attached hydrogen (secondary N) is 2. The monoisotopic (exact) mass is 444 g/mol. The van der Waals surface area contributed by atoms with Crippen LogP contribution in [0, 0.1) is 10.5 Å². The first-order chi connectivity index (χ1) is 10.8. The standard InChI is InChI=1S/C16H17IN2O3S/c1-3-18-23(21,22)14-7-4-12(5-8-14)16(20)19-15-9-6-13(17)10-11(15)2/h4-10,18H,3H2,1-2H3,(H,19,20). The lowest BCUT2D eigenvalue weighted by molar-refractivity contribution is 0.102. The van der Waals surface area contributed by atoms with Crippen molar-refractivity contribution in [3.05, 3.63) is 57.2 Å². The normalized spacial score (nSPS) is 11.3. The van der Waals surface area contributed by atoms with Crippen molar-refractivity contribution in [3.63, 3.8) is 0 Å². The highest BCUT2D eigenvalue weighted by molar-refractivity contribution is 14.1. The van der Waals surface area contributed by atoms with Crippen LogP contribution in [-0.2, 0) is 10.0 Å². The Bertz CT molecular complexity index is 818. The molecule has 0 aromatic heterocycles. The second kappa shape index (κ2) is 7.41. The maximum atomic E-state index is 12.3. The van der Waals surface area contributed by atoms with Gasteiger partial charge in [-0.3, -0.25) is 4.79 Å². The van der Waals surface area contributed by atoms with E-state index >= 15 is 0 Å². The largest absolute Gasteiger partial charge is 0.322 e. The Hall–Kier alpha value is -1.45. The molecular formula is C16H17IN2O3S. The van der Waals surface area contributed by atoms with Crippen molar-refractivity contribution < 1.29 is 13.2 Å². The van der Waals surface area contributed by atoms with E-state index in [1.807, 2.05) is 25.1 Å². The summed E-state index contributed by atoms with van der Waals surface area (Å²) in [5.41, 5.74) is 2.11. The summed E-state index contributed by atoms with van der Waals surface area (Å²) < 4.78 is 27.2. The minimum absolute atomic E-state index is 0.140. The molecule has 2 rings (SSSR count).